The average molecular weight is 266 g/mol. The second-order valence-corrected chi connectivity index (χ2v) is 6.00. The van der Waals surface area contributed by atoms with Gasteiger partial charge in [0.15, 0.2) is 14.9 Å². The predicted molar refractivity (Wildman–Crippen MR) is 68.0 cm³/mol. The number of nitrogens with one attached hydrogen (secondary N) is 2. The standard InChI is InChI=1S/C11H14N4O2S/c1-8(10-5-6-13-15-10)14-9-3-4-11(12-7-9)18(2,16)17/h3-8,14H,1-2H3,(H,13,15). The molecule has 0 aliphatic carbocycles. The van der Waals surface area contributed by atoms with Crippen LogP contribution in [-0.2, 0) is 9.84 Å². The third kappa shape index (κ3) is 2.86. The van der Waals surface area contributed by atoms with Gasteiger partial charge in [-0.05, 0) is 25.1 Å². The number of aromatic amines is 1. The van der Waals surface area contributed by atoms with E-state index in [1.54, 1.807) is 12.3 Å². The van der Waals surface area contributed by atoms with Gasteiger partial charge in [0.05, 0.1) is 23.6 Å². The first-order valence-corrected chi connectivity index (χ1v) is 7.28. The molecule has 0 saturated carbocycles. The molecule has 7 heteroatoms. The molecule has 1 unspecified atom stereocenters. The fourth-order valence-corrected chi connectivity index (χ4v) is 2.08. The quantitative estimate of drug-likeness (QED) is 0.873. The highest BCUT2D eigenvalue weighted by Crippen LogP contribution is 2.17. The van der Waals surface area contributed by atoms with E-state index in [9.17, 15) is 8.42 Å². The summed E-state index contributed by atoms with van der Waals surface area (Å²) in [5.74, 6) is 0. The maximum atomic E-state index is 11.3. The lowest BCUT2D eigenvalue weighted by Crippen LogP contribution is -2.08. The van der Waals surface area contributed by atoms with Crippen LogP contribution in [0.25, 0.3) is 0 Å². The van der Waals surface area contributed by atoms with Crippen LogP contribution in [0.1, 0.15) is 18.7 Å². The molecular weight excluding hydrogens is 252 g/mol. The number of anilines is 1. The van der Waals surface area contributed by atoms with Crippen molar-refractivity contribution in [2.75, 3.05) is 11.6 Å². The number of pyridine rings is 1. The lowest BCUT2D eigenvalue weighted by Gasteiger charge is -2.13. The minimum atomic E-state index is -3.25. The number of aromatic nitrogens is 3. The Kier molecular flexibility index (Phi) is 3.33. The molecule has 96 valence electrons. The molecule has 2 rings (SSSR count). The van der Waals surface area contributed by atoms with Gasteiger partial charge in [0.1, 0.15) is 0 Å². The Hall–Kier alpha value is -1.89. The van der Waals surface area contributed by atoms with Crippen LogP contribution in [0.3, 0.4) is 0 Å². The summed E-state index contributed by atoms with van der Waals surface area (Å²) in [6.07, 6.45) is 4.32. The van der Waals surface area contributed by atoms with Gasteiger partial charge in [-0.2, -0.15) is 5.10 Å². The van der Waals surface area contributed by atoms with E-state index < -0.39 is 9.84 Å². The summed E-state index contributed by atoms with van der Waals surface area (Å²) in [5.41, 5.74) is 1.70. The van der Waals surface area contributed by atoms with E-state index in [1.165, 1.54) is 12.3 Å². The van der Waals surface area contributed by atoms with Crippen molar-refractivity contribution in [1.29, 1.82) is 0 Å². The molecule has 18 heavy (non-hydrogen) atoms. The first-order valence-electron chi connectivity index (χ1n) is 5.39. The Bertz CT molecular complexity index is 605. The molecule has 2 heterocycles. The smallest absolute Gasteiger partial charge is 0.192 e. The maximum absolute atomic E-state index is 11.3. The van der Waals surface area contributed by atoms with Crippen LogP contribution in [0, 0.1) is 0 Å². The van der Waals surface area contributed by atoms with E-state index >= 15 is 0 Å². The Morgan fingerprint density at radius 1 is 1.33 bits per heavy atom. The van der Waals surface area contributed by atoms with Crippen molar-refractivity contribution in [3.05, 3.63) is 36.3 Å². The summed E-state index contributed by atoms with van der Waals surface area (Å²) < 4.78 is 22.5. The molecule has 0 aromatic carbocycles. The van der Waals surface area contributed by atoms with Crippen molar-refractivity contribution in [3.63, 3.8) is 0 Å². The van der Waals surface area contributed by atoms with Gasteiger partial charge in [-0.25, -0.2) is 13.4 Å². The van der Waals surface area contributed by atoms with Crippen LogP contribution < -0.4 is 5.32 Å². The zero-order chi connectivity index (χ0) is 13.2. The van der Waals surface area contributed by atoms with Crippen LogP contribution in [0.5, 0.6) is 0 Å². The van der Waals surface area contributed by atoms with Crippen LogP contribution in [0.4, 0.5) is 5.69 Å². The molecule has 0 saturated heterocycles. The lowest BCUT2D eigenvalue weighted by molar-refractivity contribution is 0.598. The molecule has 6 nitrogen and oxygen atoms in total. The number of hydrogen-bond acceptors (Lipinski definition) is 5. The molecule has 0 aliphatic heterocycles. The van der Waals surface area contributed by atoms with Gasteiger partial charge in [-0.15, -0.1) is 0 Å². The van der Waals surface area contributed by atoms with Crippen molar-refractivity contribution in [1.82, 2.24) is 15.2 Å². The second kappa shape index (κ2) is 4.77. The van der Waals surface area contributed by atoms with Crippen LogP contribution in [0.2, 0.25) is 0 Å². The van der Waals surface area contributed by atoms with E-state index in [0.29, 0.717) is 0 Å². The van der Waals surface area contributed by atoms with Gasteiger partial charge < -0.3 is 5.32 Å². The van der Waals surface area contributed by atoms with E-state index in [0.717, 1.165) is 17.6 Å². The first-order chi connectivity index (χ1) is 8.47. The molecule has 0 amide bonds. The number of nitrogens with zero attached hydrogens (tertiary/aromatic N) is 2. The van der Waals surface area contributed by atoms with Crippen LogP contribution in [-0.4, -0.2) is 29.9 Å². The third-order valence-corrected chi connectivity index (χ3v) is 3.49. The van der Waals surface area contributed by atoms with Gasteiger partial charge >= 0.3 is 0 Å². The Morgan fingerprint density at radius 3 is 2.61 bits per heavy atom. The van der Waals surface area contributed by atoms with Crippen molar-refractivity contribution in [3.8, 4) is 0 Å². The zero-order valence-electron chi connectivity index (χ0n) is 10.1. The molecule has 0 aliphatic rings. The van der Waals surface area contributed by atoms with Crippen LogP contribution >= 0.6 is 0 Å². The molecule has 2 aromatic heterocycles. The fraction of sp³-hybridized carbons (Fsp3) is 0.273. The normalized spacial score (nSPS) is 13.2. The van der Waals surface area contributed by atoms with Gasteiger partial charge in [0.25, 0.3) is 0 Å². The SMILES string of the molecule is CC(Nc1ccc(S(C)(=O)=O)nc1)c1ccn[nH]1. The lowest BCUT2D eigenvalue weighted by atomic mass is 10.2. The van der Waals surface area contributed by atoms with E-state index in [2.05, 4.69) is 20.5 Å². The molecule has 0 fully saturated rings. The highest BCUT2D eigenvalue weighted by atomic mass is 32.2. The number of rotatable bonds is 4. The first kappa shape index (κ1) is 12.6. The fourth-order valence-electron chi connectivity index (χ4n) is 1.52. The Balaban J connectivity index is 2.12. The van der Waals surface area contributed by atoms with Gasteiger partial charge in [0.2, 0.25) is 0 Å². The van der Waals surface area contributed by atoms with E-state index in [1.807, 2.05) is 13.0 Å². The minimum absolute atomic E-state index is 0.0402. The van der Waals surface area contributed by atoms with E-state index in [4.69, 9.17) is 0 Å². The zero-order valence-corrected chi connectivity index (χ0v) is 10.9. The van der Waals surface area contributed by atoms with Crippen molar-refractivity contribution < 1.29 is 8.42 Å². The summed E-state index contributed by atoms with van der Waals surface area (Å²) >= 11 is 0. The largest absolute Gasteiger partial charge is 0.376 e. The van der Waals surface area contributed by atoms with Crippen molar-refractivity contribution in [2.45, 2.75) is 18.0 Å². The molecule has 0 bridgehead atoms. The summed E-state index contributed by atoms with van der Waals surface area (Å²) in [5, 5.41) is 10.0. The van der Waals surface area contributed by atoms with Crippen molar-refractivity contribution in [2.24, 2.45) is 0 Å². The molecule has 1 atom stereocenters. The summed E-state index contributed by atoms with van der Waals surface area (Å²) in [6, 6.07) is 5.09. The molecule has 2 N–H and O–H groups in total. The molecule has 2 aromatic rings. The highest BCUT2D eigenvalue weighted by molar-refractivity contribution is 7.90. The van der Waals surface area contributed by atoms with E-state index in [-0.39, 0.29) is 11.1 Å². The monoisotopic (exact) mass is 266 g/mol. The molecule has 0 radical (unpaired) electrons. The summed E-state index contributed by atoms with van der Waals surface area (Å²) in [6.45, 7) is 1.97. The predicted octanol–water partition coefficient (Wildman–Crippen LogP) is 1.38. The number of H-pyrrole nitrogens is 1. The third-order valence-electron chi connectivity index (χ3n) is 2.49. The molecule has 0 spiro atoms. The average Bonchev–Trinajstić information content (AvgIpc) is 2.82. The van der Waals surface area contributed by atoms with Crippen LogP contribution in [0.15, 0.2) is 35.6 Å². The second-order valence-electron chi connectivity index (χ2n) is 4.04. The molecular formula is C11H14N4O2S. The Labute approximate surface area is 105 Å². The highest BCUT2D eigenvalue weighted by Gasteiger charge is 2.10. The minimum Gasteiger partial charge on any atom is -0.376 e. The summed E-state index contributed by atoms with van der Waals surface area (Å²) in [7, 11) is -3.25. The Morgan fingerprint density at radius 2 is 2.11 bits per heavy atom. The van der Waals surface area contributed by atoms with Gasteiger partial charge in [-0.1, -0.05) is 0 Å². The summed E-state index contributed by atoms with van der Waals surface area (Å²) in [4.78, 5) is 3.91. The maximum Gasteiger partial charge on any atom is 0.192 e. The van der Waals surface area contributed by atoms with Gasteiger partial charge in [0, 0.05) is 12.5 Å². The number of hydrogen-bond donors (Lipinski definition) is 2. The number of sulfone groups is 1. The van der Waals surface area contributed by atoms with Gasteiger partial charge in [-0.3, -0.25) is 5.10 Å². The topological polar surface area (TPSA) is 87.7 Å². The van der Waals surface area contributed by atoms with Crippen molar-refractivity contribution >= 4 is 15.5 Å².